The summed E-state index contributed by atoms with van der Waals surface area (Å²) >= 11 is 0. The first-order valence-corrected chi connectivity index (χ1v) is 9.17. The van der Waals surface area contributed by atoms with Gasteiger partial charge in [-0.2, -0.15) is 0 Å². The highest BCUT2D eigenvalue weighted by Gasteiger charge is 2.34. The minimum atomic E-state index is -0.673. The molecule has 24 heavy (non-hydrogen) atoms. The van der Waals surface area contributed by atoms with Gasteiger partial charge in [0.15, 0.2) is 0 Å². The van der Waals surface area contributed by atoms with Crippen LogP contribution in [0.15, 0.2) is 24.3 Å². The number of nitrogens with zero attached hydrogens (tertiary/aromatic N) is 1. The Morgan fingerprint density at radius 3 is 2.29 bits per heavy atom. The Bertz CT molecular complexity index is 534. The topological polar surface area (TPSA) is 64.6 Å². The highest BCUT2D eigenvalue weighted by molar-refractivity contribution is 5.73. The standard InChI is InChI=1S/C19H29N3O2/c23-18(21-15-19(24)9-4-10-19)20-13-16-5-7-17(8-6-16)14-22-11-2-1-3-12-22/h5-8,24H,1-4,9-15H2,(H2,20,21,23). The van der Waals surface area contributed by atoms with E-state index >= 15 is 0 Å². The van der Waals surface area contributed by atoms with Crippen molar-refractivity contribution in [2.24, 2.45) is 0 Å². The van der Waals surface area contributed by atoms with Crippen molar-refractivity contribution in [3.05, 3.63) is 35.4 Å². The summed E-state index contributed by atoms with van der Waals surface area (Å²) in [7, 11) is 0. The van der Waals surface area contributed by atoms with Crippen LogP contribution in [-0.4, -0.2) is 41.3 Å². The molecule has 3 rings (SSSR count). The molecule has 0 radical (unpaired) electrons. The van der Waals surface area contributed by atoms with Crippen LogP contribution in [0.4, 0.5) is 4.79 Å². The van der Waals surface area contributed by atoms with E-state index in [0.29, 0.717) is 13.1 Å². The molecule has 1 aliphatic carbocycles. The van der Waals surface area contributed by atoms with Gasteiger partial charge in [-0.1, -0.05) is 30.7 Å². The molecule has 0 aromatic heterocycles. The van der Waals surface area contributed by atoms with Crippen LogP contribution < -0.4 is 10.6 Å². The lowest BCUT2D eigenvalue weighted by molar-refractivity contribution is -0.0290. The summed E-state index contributed by atoms with van der Waals surface area (Å²) in [5, 5.41) is 15.6. The number of rotatable bonds is 6. The van der Waals surface area contributed by atoms with Crippen LogP contribution >= 0.6 is 0 Å². The lowest BCUT2D eigenvalue weighted by Gasteiger charge is -2.36. The maximum Gasteiger partial charge on any atom is 0.315 e. The van der Waals surface area contributed by atoms with Crippen molar-refractivity contribution in [3.8, 4) is 0 Å². The molecule has 1 aromatic rings. The predicted molar refractivity (Wildman–Crippen MR) is 94.6 cm³/mol. The monoisotopic (exact) mass is 331 g/mol. The van der Waals surface area contributed by atoms with Crippen LogP contribution in [-0.2, 0) is 13.1 Å². The number of hydrogen-bond acceptors (Lipinski definition) is 3. The zero-order valence-electron chi connectivity index (χ0n) is 14.4. The van der Waals surface area contributed by atoms with Crippen molar-refractivity contribution in [3.63, 3.8) is 0 Å². The first-order chi connectivity index (χ1) is 11.6. The Balaban J connectivity index is 1.38. The zero-order chi connectivity index (χ0) is 16.8. The number of hydrogen-bond donors (Lipinski definition) is 3. The number of piperidine rings is 1. The summed E-state index contributed by atoms with van der Waals surface area (Å²) in [6.07, 6.45) is 6.60. The molecule has 1 saturated heterocycles. The average molecular weight is 331 g/mol. The van der Waals surface area contributed by atoms with E-state index in [4.69, 9.17) is 0 Å². The fourth-order valence-electron chi connectivity index (χ4n) is 3.39. The molecule has 2 amide bonds. The van der Waals surface area contributed by atoms with E-state index in [9.17, 15) is 9.90 Å². The summed E-state index contributed by atoms with van der Waals surface area (Å²) < 4.78 is 0. The van der Waals surface area contributed by atoms with Gasteiger partial charge in [0.2, 0.25) is 0 Å². The fraction of sp³-hybridized carbons (Fsp3) is 0.632. The molecule has 5 heteroatoms. The van der Waals surface area contributed by atoms with Crippen LogP contribution in [0.1, 0.15) is 49.7 Å². The summed E-state index contributed by atoms with van der Waals surface area (Å²) in [6.45, 7) is 4.28. The number of urea groups is 1. The third kappa shape index (κ3) is 4.95. The van der Waals surface area contributed by atoms with Crippen molar-refractivity contribution < 1.29 is 9.90 Å². The van der Waals surface area contributed by atoms with Gasteiger partial charge in [-0.3, -0.25) is 4.90 Å². The van der Waals surface area contributed by atoms with Crippen LogP contribution in [0.25, 0.3) is 0 Å². The first kappa shape index (κ1) is 17.2. The predicted octanol–water partition coefficient (Wildman–Crippen LogP) is 2.39. The Kier molecular flexibility index (Phi) is 5.74. The number of carbonyl (C=O) groups is 1. The SMILES string of the molecule is O=C(NCc1ccc(CN2CCCCC2)cc1)NCC1(O)CCC1. The van der Waals surface area contributed by atoms with E-state index in [-0.39, 0.29) is 6.03 Å². The minimum Gasteiger partial charge on any atom is -0.388 e. The number of carbonyl (C=O) groups excluding carboxylic acids is 1. The molecule has 3 N–H and O–H groups in total. The molecule has 0 atom stereocenters. The summed E-state index contributed by atoms with van der Waals surface area (Å²) in [5.41, 5.74) is 1.75. The molecule has 0 bridgehead atoms. The molecular weight excluding hydrogens is 302 g/mol. The number of nitrogens with one attached hydrogen (secondary N) is 2. The van der Waals surface area contributed by atoms with Crippen molar-refractivity contribution >= 4 is 6.03 Å². The quantitative estimate of drug-likeness (QED) is 0.750. The van der Waals surface area contributed by atoms with E-state index in [1.54, 1.807) is 0 Å². The second-order valence-electron chi connectivity index (χ2n) is 7.27. The minimum absolute atomic E-state index is 0.215. The van der Waals surface area contributed by atoms with Gasteiger partial charge < -0.3 is 15.7 Å². The van der Waals surface area contributed by atoms with Gasteiger partial charge in [-0.15, -0.1) is 0 Å². The number of amides is 2. The van der Waals surface area contributed by atoms with E-state index in [2.05, 4.69) is 39.8 Å². The molecule has 1 aromatic carbocycles. The van der Waals surface area contributed by atoms with E-state index in [0.717, 1.165) is 31.4 Å². The Hall–Kier alpha value is -1.59. The zero-order valence-corrected chi connectivity index (χ0v) is 14.4. The number of benzene rings is 1. The van der Waals surface area contributed by atoms with Gasteiger partial charge in [0, 0.05) is 19.6 Å². The largest absolute Gasteiger partial charge is 0.388 e. The average Bonchev–Trinajstić information content (AvgIpc) is 2.58. The fourth-order valence-corrected chi connectivity index (χ4v) is 3.39. The normalized spacial score (nSPS) is 20.2. The summed E-state index contributed by atoms with van der Waals surface area (Å²) in [6, 6.07) is 8.26. The molecule has 5 nitrogen and oxygen atoms in total. The molecule has 1 saturated carbocycles. The Morgan fingerprint density at radius 1 is 1.00 bits per heavy atom. The first-order valence-electron chi connectivity index (χ1n) is 9.17. The van der Waals surface area contributed by atoms with Crippen LogP contribution in [0.3, 0.4) is 0 Å². The molecule has 2 aliphatic rings. The van der Waals surface area contributed by atoms with Gasteiger partial charge in [0.1, 0.15) is 0 Å². The second kappa shape index (κ2) is 7.99. The van der Waals surface area contributed by atoms with Crippen LogP contribution in [0.5, 0.6) is 0 Å². The maximum absolute atomic E-state index is 11.8. The van der Waals surface area contributed by atoms with E-state index in [1.807, 2.05) is 0 Å². The number of likely N-dealkylation sites (tertiary alicyclic amines) is 1. The highest BCUT2D eigenvalue weighted by atomic mass is 16.3. The van der Waals surface area contributed by atoms with Gasteiger partial charge in [0.05, 0.1) is 5.60 Å². The summed E-state index contributed by atoms with van der Waals surface area (Å²) in [4.78, 5) is 14.3. The lowest BCUT2D eigenvalue weighted by atomic mass is 9.80. The maximum atomic E-state index is 11.8. The van der Waals surface area contributed by atoms with Gasteiger partial charge in [0.25, 0.3) is 0 Å². The Morgan fingerprint density at radius 2 is 1.67 bits per heavy atom. The van der Waals surface area contributed by atoms with E-state index in [1.165, 1.54) is 37.9 Å². The second-order valence-corrected chi connectivity index (χ2v) is 7.27. The van der Waals surface area contributed by atoms with Gasteiger partial charge in [-0.25, -0.2) is 4.79 Å². The third-order valence-electron chi connectivity index (χ3n) is 5.19. The van der Waals surface area contributed by atoms with Gasteiger partial charge >= 0.3 is 6.03 Å². The lowest BCUT2D eigenvalue weighted by Crippen LogP contribution is -2.49. The molecular formula is C19H29N3O2. The molecule has 132 valence electrons. The number of aliphatic hydroxyl groups is 1. The van der Waals surface area contributed by atoms with Crippen LogP contribution in [0, 0.1) is 0 Å². The molecule has 2 fully saturated rings. The highest BCUT2D eigenvalue weighted by Crippen LogP contribution is 2.30. The summed E-state index contributed by atoms with van der Waals surface area (Å²) in [5.74, 6) is 0. The van der Waals surface area contributed by atoms with Crippen molar-refractivity contribution in [1.29, 1.82) is 0 Å². The van der Waals surface area contributed by atoms with E-state index < -0.39 is 5.60 Å². The van der Waals surface area contributed by atoms with Crippen molar-refractivity contribution in [1.82, 2.24) is 15.5 Å². The molecule has 1 heterocycles. The third-order valence-corrected chi connectivity index (χ3v) is 5.19. The smallest absolute Gasteiger partial charge is 0.315 e. The van der Waals surface area contributed by atoms with Gasteiger partial charge in [-0.05, 0) is 56.3 Å². The van der Waals surface area contributed by atoms with Crippen molar-refractivity contribution in [2.45, 2.75) is 57.2 Å². The van der Waals surface area contributed by atoms with Crippen molar-refractivity contribution in [2.75, 3.05) is 19.6 Å². The Labute approximate surface area is 144 Å². The molecule has 0 spiro atoms. The molecule has 0 unspecified atom stereocenters. The molecule has 1 aliphatic heterocycles. The van der Waals surface area contributed by atoms with Crippen LogP contribution in [0.2, 0.25) is 0 Å².